The summed E-state index contributed by atoms with van der Waals surface area (Å²) >= 11 is 3.22. The number of hydrogen-bond donors (Lipinski definition) is 1. The van der Waals surface area contributed by atoms with Crippen molar-refractivity contribution in [1.29, 1.82) is 0 Å². The van der Waals surface area contributed by atoms with Crippen LogP contribution in [0, 0.1) is 0 Å². The zero-order valence-electron chi connectivity index (χ0n) is 12.0. The van der Waals surface area contributed by atoms with Crippen molar-refractivity contribution < 1.29 is 9.53 Å². The summed E-state index contributed by atoms with van der Waals surface area (Å²) in [4.78, 5) is 11.8. The van der Waals surface area contributed by atoms with Crippen LogP contribution in [0.4, 0.5) is 0 Å². The van der Waals surface area contributed by atoms with E-state index in [1.165, 1.54) is 5.56 Å². The molecular weight excluding hydrogens is 278 g/mol. The van der Waals surface area contributed by atoms with Crippen LogP contribution in [0.25, 0.3) is 0 Å². The largest absolute Gasteiger partial charge is 0.459 e. The monoisotopic (exact) mass is 301 g/mol. The van der Waals surface area contributed by atoms with Crippen LogP contribution in [-0.4, -0.2) is 23.4 Å². The molecule has 0 amide bonds. The minimum Gasteiger partial charge on any atom is -0.459 e. The van der Waals surface area contributed by atoms with Gasteiger partial charge >= 0.3 is 5.97 Å². The highest BCUT2D eigenvalue weighted by molar-refractivity contribution is 8.00. The number of rotatable bonds is 6. The summed E-state index contributed by atoms with van der Waals surface area (Å²) in [5.41, 5.74) is 6.93. The van der Waals surface area contributed by atoms with E-state index in [1.807, 2.05) is 26.2 Å². The fourth-order valence-corrected chi connectivity index (χ4v) is 3.58. The number of hydrogen-bond acceptors (Lipinski definition) is 5. The summed E-state index contributed by atoms with van der Waals surface area (Å²) < 4.78 is 5.32. The normalized spacial score (nSPS) is 15.0. The Hall–Kier alpha value is -0.520. The Bertz CT molecular complexity index is 385. The molecule has 0 aliphatic carbocycles. The van der Waals surface area contributed by atoms with Gasteiger partial charge in [-0.1, -0.05) is 6.92 Å². The second-order valence-corrected chi connectivity index (χ2v) is 7.36. The standard InChI is InChI=1S/C14H23NO2S2/c1-5-11(15)13(10-6-7-18-8-10)19-9-12(16)17-14(2,3)4/h6-8,11,13H,5,9,15H2,1-4H3. The molecule has 0 aliphatic rings. The molecule has 0 saturated carbocycles. The van der Waals surface area contributed by atoms with Crippen molar-refractivity contribution >= 4 is 29.1 Å². The quantitative estimate of drug-likeness (QED) is 0.816. The lowest BCUT2D eigenvalue weighted by atomic mass is 10.1. The third kappa shape index (κ3) is 5.97. The number of carbonyl (C=O) groups excluding carboxylic acids is 1. The number of nitrogens with two attached hydrogens (primary N) is 1. The van der Waals surface area contributed by atoms with Gasteiger partial charge in [0.2, 0.25) is 0 Å². The van der Waals surface area contributed by atoms with Crippen LogP contribution in [-0.2, 0) is 9.53 Å². The highest BCUT2D eigenvalue weighted by Crippen LogP contribution is 2.34. The van der Waals surface area contributed by atoms with Crippen LogP contribution in [0.3, 0.4) is 0 Å². The number of thioether (sulfide) groups is 1. The Kier molecular flexibility index (Phi) is 6.36. The van der Waals surface area contributed by atoms with Crippen LogP contribution in [0.1, 0.15) is 44.9 Å². The predicted molar refractivity (Wildman–Crippen MR) is 83.6 cm³/mol. The average molecular weight is 301 g/mol. The van der Waals surface area contributed by atoms with Crippen LogP contribution in [0.15, 0.2) is 16.8 Å². The molecule has 19 heavy (non-hydrogen) atoms. The van der Waals surface area contributed by atoms with Crippen LogP contribution in [0.5, 0.6) is 0 Å². The highest BCUT2D eigenvalue weighted by Gasteiger charge is 2.23. The predicted octanol–water partition coefficient (Wildman–Crippen LogP) is 3.60. The van der Waals surface area contributed by atoms with E-state index < -0.39 is 5.60 Å². The molecule has 0 aromatic carbocycles. The fraction of sp³-hybridized carbons (Fsp3) is 0.643. The number of thiophene rings is 1. The molecule has 1 aromatic heterocycles. The van der Waals surface area contributed by atoms with Gasteiger partial charge in [-0.15, -0.1) is 11.8 Å². The molecule has 2 N–H and O–H groups in total. The van der Waals surface area contributed by atoms with E-state index in [2.05, 4.69) is 18.4 Å². The molecule has 5 heteroatoms. The first kappa shape index (κ1) is 16.5. The lowest BCUT2D eigenvalue weighted by molar-refractivity contribution is -0.151. The van der Waals surface area contributed by atoms with Gasteiger partial charge in [-0.25, -0.2) is 0 Å². The molecule has 0 saturated heterocycles. The first-order valence-electron chi connectivity index (χ1n) is 6.44. The van der Waals surface area contributed by atoms with Gasteiger partial charge in [0.25, 0.3) is 0 Å². The Morgan fingerprint density at radius 1 is 1.53 bits per heavy atom. The molecule has 0 spiro atoms. The Balaban J connectivity index is 2.57. The zero-order valence-corrected chi connectivity index (χ0v) is 13.6. The van der Waals surface area contributed by atoms with Crippen molar-refractivity contribution in [3.05, 3.63) is 22.4 Å². The van der Waals surface area contributed by atoms with E-state index in [9.17, 15) is 4.79 Å². The summed E-state index contributed by atoms with van der Waals surface area (Å²) in [7, 11) is 0. The van der Waals surface area contributed by atoms with Crippen molar-refractivity contribution in [2.45, 2.75) is 51.0 Å². The van der Waals surface area contributed by atoms with Gasteiger partial charge in [-0.3, -0.25) is 4.79 Å². The van der Waals surface area contributed by atoms with Crippen LogP contribution < -0.4 is 5.73 Å². The number of esters is 1. The van der Waals surface area contributed by atoms with E-state index >= 15 is 0 Å². The van der Waals surface area contributed by atoms with E-state index in [0.29, 0.717) is 5.75 Å². The molecule has 2 atom stereocenters. The highest BCUT2D eigenvalue weighted by atomic mass is 32.2. The van der Waals surface area contributed by atoms with Crippen LogP contribution in [0.2, 0.25) is 0 Å². The molecule has 2 unspecified atom stereocenters. The fourth-order valence-electron chi connectivity index (χ4n) is 1.65. The second kappa shape index (κ2) is 7.31. The SMILES string of the molecule is CCC(N)C(SCC(=O)OC(C)(C)C)c1ccsc1. The Labute approximate surface area is 123 Å². The average Bonchev–Trinajstić information content (AvgIpc) is 2.80. The molecule has 108 valence electrons. The molecule has 1 rings (SSSR count). The van der Waals surface area contributed by atoms with Gasteiger partial charge in [0.05, 0.1) is 5.75 Å². The van der Waals surface area contributed by atoms with Gasteiger partial charge in [0.15, 0.2) is 0 Å². The van der Waals surface area contributed by atoms with Crippen molar-refractivity contribution in [2.24, 2.45) is 5.73 Å². The van der Waals surface area contributed by atoms with E-state index in [0.717, 1.165) is 6.42 Å². The second-order valence-electron chi connectivity index (χ2n) is 5.45. The summed E-state index contributed by atoms with van der Waals surface area (Å²) in [5, 5.41) is 4.30. The first-order valence-corrected chi connectivity index (χ1v) is 8.43. The topological polar surface area (TPSA) is 52.3 Å². The number of ether oxygens (including phenoxy) is 1. The smallest absolute Gasteiger partial charge is 0.316 e. The maximum atomic E-state index is 11.8. The lowest BCUT2D eigenvalue weighted by Gasteiger charge is -2.23. The van der Waals surface area contributed by atoms with Gasteiger partial charge in [-0.2, -0.15) is 11.3 Å². The molecule has 0 bridgehead atoms. The summed E-state index contributed by atoms with van der Waals surface area (Å²) in [6, 6.07) is 2.13. The van der Waals surface area contributed by atoms with Gasteiger partial charge in [0, 0.05) is 11.3 Å². The van der Waals surface area contributed by atoms with Crippen molar-refractivity contribution in [1.82, 2.24) is 0 Å². The maximum absolute atomic E-state index is 11.8. The Morgan fingerprint density at radius 2 is 2.21 bits per heavy atom. The third-order valence-electron chi connectivity index (χ3n) is 2.53. The first-order chi connectivity index (χ1) is 8.83. The van der Waals surface area contributed by atoms with E-state index in [1.54, 1.807) is 23.1 Å². The third-order valence-corrected chi connectivity index (χ3v) is 4.62. The molecule has 0 aliphatic heterocycles. The lowest BCUT2D eigenvalue weighted by Crippen LogP contribution is -2.28. The minimum atomic E-state index is -0.428. The molecule has 0 fully saturated rings. The molecular formula is C14H23NO2S2. The molecule has 0 radical (unpaired) electrons. The minimum absolute atomic E-state index is 0.0574. The summed E-state index contributed by atoms with van der Waals surface area (Å²) in [6.45, 7) is 7.70. The van der Waals surface area contributed by atoms with E-state index in [4.69, 9.17) is 10.5 Å². The van der Waals surface area contributed by atoms with Crippen molar-refractivity contribution in [3.8, 4) is 0 Å². The van der Waals surface area contributed by atoms with Gasteiger partial charge < -0.3 is 10.5 Å². The van der Waals surface area contributed by atoms with Crippen molar-refractivity contribution in [2.75, 3.05) is 5.75 Å². The van der Waals surface area contributed by atoms with E-state index in [-0.39, 0.29) is 17.3 Å². The molecule has 1 aromatic rings. The molecule has 1 heterocycles. The Morgan fingerprint density at radius 3 is 2.68 bits per heavy atom. The zero-order chi connectivity index (χ0) is 14.5. The van der Waals surface area contributed by atoms with Crippen molar-refractivity contribution in [3.63, 3.8) is 0 Å². The maximum Gasteiger partial charge on any atom is 0.316 e. The van der Waals surface area contributed by atoms with Crippen LogP contribution >= 0.6 is 23.1 Å². The van der Waals surface area contributed by atoms with Gasteiger partial charge in [-0.05, 0) is 49.6 Å². The summed E-state index contributed by atoms with van der Waals surface area (Å²) in [5.74, 6) is 0.159. The number of carbonyl (C=O) groups is 1. The van der Waals surface area contributed by atoms with Gasteiger partial charge in [0.1, 0.15) is 5.60 Å². The summed E-state index contributed by atoms with van der Waals surface area (Å²) in [6.07, 6.45) is 0.891. The molecule has 3 nitrogen and oxygen atoms in total.